The van der Waals surface area contributed by atoms with E-state index in [0.29, 0.717) is 28.8 Å². The van der Waals surface area contributed by atoms with Gasteiger partial charge in [-0.05, 0) is 35.9 Å². The van der Waals surface area contributed by atoms with E-state index in [0.717, 1.165) is 5.56 Å². The molecule has 0 saturated heterocycles. The lowest BCUT2D eigenvalue weighted by molar-refractivity contribution is -0.115. The number of rotatable bonds is 2. The van der Waals surface area contributed by atoms with Gasteiger partial charge in [0.05, 0.1) is 6.26 Å². The van der Waals surface area contributed by atoms with E-state index in [1.165, 1.54) is 6.26 Å². The van der Waals surface area contributed by atoms with Crippen molar-refractivity contribution in [3.63, 3.8) is 0 Å². The van der Waals surface area contributed by atoms with E-state index >= 15 is 0 Å². The first kappa shape index (κ1) is 11.8. The first-order valence-corrected chi connectivity index (χ1v) is 6.35. The second kappa shape index (κ2) is 4.52. The molecule has 3 heterocycles. The molecule has 2 aromatic rings. The van der Waals surface area contributed by atoms with Crippen LogP contribution in [0.2, 0.25) is 0 Å². The van der Waals surface area contributed by atoms with Crippen molar-refractivity contribution in [2.24, 2.45) is 4.99 Å². The van der Waals surface area contributed by atoms with Crippen LogP contribution in [0, 0.1) is 0 Å². The van der Waals surface area contributed by atoms with Crippen LogP contribution in [0.1, 0.15) is 11.3 Å². The van der Waals surface area contributed by atoms with Crippen molar-refractivity contribution in [2.75, 3.05) is 6.79 Å². The molecule has 0 radical (unpaired) electrons. The normalized spacial score (nSPS) is 18.0. The van der Waals surface area contributed by atoms with Crippen LogP contribution in [0.15, 0.2) is 51.7 Å². The number of aliphatic imine (C=N–C) groups is 1. The fourth-order valence-electron chi connectivity index (χ4n) is 2.16. The second-order valence-electron chi connectivity index (χ2n) is 4.53. The van der Waals surface area contributed by atoms with Gasteiger partial charge in [-0.2, -0.15) is 0 Å². The average molecular weight is 282 g/mol. The Hall–Kier alpha value is -3.02. The van der Waals surface area contributed by atoms with Gasteiger partial charge in [-0.15, -0.1) is 0 Å². The molecule has 1 aromatic heterocycles. The summed E-state index contributed by atoms with van der Waals surface area (Å²) in [5.41, 5.74) is 1.13. The predicted octanol–water partition coefficient (Wildman–Crippen LogP) is 1.93. The number of fused-ring (bicyclic) bond motifs is 1. The van der Waals surface area contributed by atoms with Gasteiger partial charge in [-0.25, -0.2) is 4.99 Å². The van der Waals surface area contributed by atoms with Gasteiger partial charge >= 0.3 is 0 Å². The van der Waals surface area contributed by atoms with Crippen molar-refractivity contribution < 1.29 is 18.7 Å². The number of carbonyl (C=O) groups is 1. The number of furan rings is 1. The topological polar surface area (TPSA) is 73.1 Å². The largest absolute Gasteiger partial charge is 0.461 e. The molecule has 0 atom stereocenters. The summed E-state index contributed by atoms with van der Waals surface area (Å²) in [4.78, 5) is 16.2. The molecule has 1 aromatic carbocycles. The Morgan fingerprint density at radius 1 is 1.19 bits per heavy atom. The maximum Gasteiger partial charge on any atom is 0.275 e. The maximum absolute atomic E-state index is 11.9. The predicted molar refractivity (Wildman–Crippen MR) is 73.9 cm³/mol. The maximum atomic E-state index is 11.9. The van der Waals surface area contributed by atoms with Crippen LogP contribution in [0.25, 0.3) is 6.08 Å². The van der Waals surface area contributed by atoms with Crippen molar-refractivity contribution >= 4 is 17.8 Å². The highest BCUT2D eigenvalue weighted by Gasteiger charge is 2.23. The summed E-state index contributed by atoms with van der Waals surface area (Å²) >= 11 is 0. The minimum absolute atomic E-state index is 0.219. The van der Waals surface area contributed by atoms with Gasteiger partial charge < -0.3 is 19.2 Å². The molecule has 0 spiro atoms. The zero-order valence-corrected chi connectivity index (χ0v) is 10.8. The molecule has 4 rings (SSSR count). The van der Waals surface area contributed by atoms with Gasteiger partial charge in [-0.3, -0.25) is 4.79 Å². The summed E-state index contributed by atoms with van der Waals surface area (Å²) in [6, 6.07) is 8.93. The molecular formula is C15H10N2O4. The third-order valence-electron chi connectivity index (χ3n) is 3.15. The lowest BCUT2D eigenvalue weighted by atomic mass is 10.1. The van der Waals surface area contributed by atoms with E-state index in [4.69, 9.17) is 13.9 Å². The fraction of sp³-hybridized carbons (Fsp3) is 0.0667. The Morgan fingerprint density at radius 2 is 2.10 bits per heavy atom. The summed E-state index contributed by atoms with van der Waals surface area (Å²) < 4.78 is 15.8. The number of carbonyl (C=O) groups excluding carboxylic acids is 1. The van der Waals surface area contributed by atoms with E-state index in [1.807, 2.05) is 12.1 Å². The van der Waals surface area contributed by atoms with Crippen LogP contribution in [0.4, 0.5) is 0 Å². The molecule has 104 valence electrons. The van der Waals surface area contributed by atoms with E-state index < -0.39 is 0 Å². The zero-order valence-electron chi connectivity index (χ0n) is 10.8. The SMILES string of the molecule is O=C1NC(c2ccco2)=N/C1=C\c1ccc2c(c1)OCO2. The lowest BCUT2D eigenvalue weighted by Crippen LogP contribution is -2.24. The van der Waals surface area contributed by atoms with Crippen molar-refractivity contribution in [3.8, 4) is 11.5 Å². The molecule has 1 amide bonds. The highest BCUT2D eigenvalue weighted by Crippen LogP contribution is 2.33. The summed E-state index contributed by atoms with van der Waals surface area (Å²) in [7, 11) is 0. The van der Waals surface area contributed by atoms with E-state index in [2.05, 4.69) is 10.3 Å². The second-order valence-corrected chi connectivity index (χ2v) is 4.53. The summed E-state index contributed by atoms with van der Waals surface area (Å²) in [6.07, 6.45) is 3.22. The van der Waals surface area contributed by atoms with Gasteiger partial charge in [0.25, 0.3) is 5.91 Å². The van der Waals surface area contributed by atoms with Crippen molar-refractivity contribution in [3.05, 3.63) is 53.6 Å². The molecule has 0 unspecified atom stereocenters. The van der Waals surface area contributed by atoms with Crippen LogP contribution >= 0.6 is 0 Å². The lowest BCUT2D eigenvalue weighted by Gasteiger charge is -1.98. The zero-order chi connectivity index (χ0) is 14.2. The number of ether oxygens (including phenoxy) is 2. The molecule has 6 heteroatoms. The number of nitrogens with one attached hydrogen (secondary N) is 1. The van der Waals surface area contributed by atoms with Crippen molar-refractivity contribution in [1.82, 2.24) is 5.32 Å². The Labute approximate surface area is 119 Å². The Bertz CT molecular complexity index is 775. The number of hydrogen-bond donors (Lipinski definition) is 1. The van der Waals surface area contributed by atoms with Crippen LogP contribution in [0.3, 0.4) is 0 Å². The first-order valence-electron chi connectivity index (χ1n) is 6.35. The van der Waals surface area contributed by atoms with E-state index in [1.54, 1.807) is 24.3 Å². The molecule has 21 heavy (non-hydrogen) atoms. The Morgan fingerprint density at radius 3 is 2.95 bits per heavy atom. The van der Waals surface area contributed by atoms with Crippen LogP contribution in [-0.4, -0.2) is 18.5 Å². The molecule has 2 aliphatic rings. The molecule has 0 aliphatic carbocycles. The number of benzene rings is 1. The highest BCUT2D eigenvalue weighted by molar-refractivity contribution is 6.18. The van der Waals surface area contributed by atoms with E-state index in [-0.39, 0.29) is 12.7 Å². The molecule has 0 saturated carbocycles. The first-order chi connectivity index (χ1) is 10.3. The molecular weight excluding hydrogens is 272 g/mol. The van der Waals surface area contributed by atoms with Gasteiger partial charge in [0.1, 0.15) is 5.70 Å². The van der Waals surface area contributed by atoms with Crippen molar-refractivity contribution in [1.29, 1.82) is 0 Å². The molecule has 1 N–H and O–H groups in total. The minimum atomic E-state index is -0.265. The van der Waals surface area contributed by atoms with Crippen LogP contribution < -0.4 is 14.8 Å². The quantitative estimate of drug-likeness (QED) is 0.854. The number of amides is 1. The Kier molecular flexibility index (Phi) is 2.53. The monoisotopic (exact) mass is 282 g/mol. The summed E-state index contributed by atoms with van der Waals surface area (Å²) in [5, 5.41) is 2.67. The van der Waals surface area contributed by atoms with Crippen LogP contribution in [-0.2, 0) is 4.79 Å². The summed E-state index contributed by atoms with van der Waals surface area (Å²) in [5.74, 6) is 2.04. The molecule has 0 fully saturated rings. The van der Waals surface area contributed by atoms with E-state index in [9.17, 15) is 4.79 Å². The molecule has 6 nitrogen and oxygen atoms in total. The van der Waals surface area contributed by atoms with Gasteiger partial charge in [-0.1, -0.05) is 6.07 Å². The summed E-state index contributed by atoms with van der Waals surface area (Å²) in [6.45, 7) is 0.219. The van der Waals surface area contributed by atoms with Gasteiger partial charge in [0.2, 0.25) is 6.79 Å². The average Bonchev–Trinajstić information content (AvgIpc) is 3.20. The molecule has 0 bridgehead atoms. The number of nitrogens with zero attached hydrogens (tertiary/aromatic N) is 1. The standard InChI is InChI=1S/C15H10N2O4/c18-15-10(16-14(17-15)12-2-1-5-19-12)6-9-3-4-11-13(7-9)21-8-20-11/h1-7H,8H2,(H,16,17,18)/b10-6-. The smallest absolute Gasteiger partial charge is 0.275 e. The van der Waals surface area contributed by atoms with Gasteiger partial charge in [0, 0.05) is 0 Å². The van der Waals surface area contributed by atoms with Crippen LogP contribution in [0.5, 0.6) is 11.5 Å². The number of amidine groups is 1. The van der Waals surface area contributed by atoms with Gasteiger partial charge in [0.15, 0.2) is 23.1 Å². The fourth-order valence-corrected chi connectivity index (χ4v) is 2.16. The highest BCUT2D eigenvalue weighted by atomic mass is 16.7. The Balaban J connectivity index is 1.68. The van der Waals surface area contributed by atoms with Crippen molar-refractivity contribution in [2.45, 2.75) is 0 Å². The third-order valence-corrected chi connectivity index (χ3v) is 3.15. The third kappa shape index (κ3) is 2.06. The minimum Gasteiger partial charge on any atom is -0.461 e. The number of hydrogen-bond acceptors (Lipinski definition) is 5. The molecule has 2 aliphatic heterocycles.